The zero-order valence-corrected chi connectivity index (χ0v) is 11.4. The number of aryl methyl sites for hydroxylation is 2. The van der Waals surface area contributed by atoms with Crippen molar-refractivity contribution in [3.8, 4) is 0 Å². The van der Waals surface area contributed by atoms with E-state index in [1.54, 1.807) is 0 Å². The van der Waals surface area contributed by atoms with Crippen molar-refractivity contribution in [1.29, 1.82) is 0 Å². The molecule has 3 heteroatoms. The summed E-state index contributed by atoms with van der Waals surface area (Å²) in [5.74, 6) is -0.596. The molecule has 0 bridgehead atoms. The van der Waals surface area contributed by atoms with Gasteiger partial charge in [-0.1, -0.05) is 18.2 Å². The molecule has 0 fully saturated rings. The van der Waals surface area contributed by atoms with Crippen molar-refractivity contribution in [2.24, 2.45) is 5.92 Å². The van der Waals surface area contributed by atoms with Crippen LogP contribution in [0.4, 0.5) is 0 Å². The molecule has 0 radical (unpaired) electrons. The van der Waals surface area contributed by atoms with E-state index in [0.29, 0.717) is 6.42 Å². The lowest BCUT2D eigenvalue weighted by Crippen LogP contribution is -2.20. The quantitative estimate of drug-likeness (QED) is 0.752. The molecule has 1 aromatic rings. The highest BCUT2D eigenvalue weighted by molar-refractivity contribution is 5.83. The Morgan fingerprint density at radius 2 is 1.78 bits per heavy atom. The molecule has 0 saturated carbocycles. The summed E-state index contributed by atoms with van der Waals surface area (Å²) >= 11 is 0. The van der Waals surface area contributed by atoms with Gasteiger partial charge in [0.05, 0.1) is 13.5 Å². The predicted molar refractivity (Wildman–Crippen MR) is 70.4 cm³/mol. The van der Waals surface area contributed by atoms with Crippen molar-refractivity contribution in [2.75, 3.05) is 7.11 Å². The summed E-state index contributed by atoms with van der Waals surface area (Å²) in [4.78, 5) is 22.9. The molecule has 0 aromatic heterocycles. The zero-order valence-electron chi connectivity index (χ0n) is 11.4. The molecule has 1 unspecified atom stereocenters. The maximum absolute atomic E-state index is 11.6. The Morgan fingerprint density at radius 1 is 1.22 bits per heavy atom. The van der Waals surface area contributed by atoms with E-state index in [-0.39, 0.29) is 24.1 Å². The SMILES string of the molecule is COC(=O)CC(Cc1c(C)cccc1C)C(C)=O. The Balaban J connectivity index is 2.90. The molecule has 0 amide bonds. The Bertz CT molecular complexity index is 429. The van der Waals surface area contributed by atoms with Crippen LogP contribution < -0.4 is 0 Å². The Kier molecular flexibility index (Phi) is 5.08. The van der Waals surface area contributed by atoms with Gasteiger partial charge in [0.15, 0.2) is 0 Å². The standard InChI is InChI=1S/C15H20O3/c1-10-6-5-7-11(2)14(10)8-13(12(3)16)9-15(17)18-4/h5-7,13H,8-9H2,1-4H3. The monoisotopic (exact) mass is 248 g/mol. The first kappa shape index (κ1) is 14.4. The molecule has 18 heavy (non-hydrogen) atoms. The molecule has 1 aromatic carbocycles. The Morgan fingerprint density at radius 3 is 2.22 bits per heavy atom. The van der Waals surface area contributed by atoms with Gasteiger partial charge in [0.1, 0.15) is 5.78 Å². The van der Waals surface area contributed by atoms with Crippen LogP contribution >= 0.6 is 0 Å². The van der Waals surface area contributed by atoms with Crippen LogP contribution in [-0.2, 0) is 20.7 Å². The lowest BCUT2D eigenvalue weighted by atomic mass is 9.88. The van der Waals surface area contributed by atoms with Crippen molar-refractivity contribution in [3.05, 3.63) is 34.9 Å². The lowest BCUT2D eigenvalue weighted by Gasteiger charge is -2.16. The number of hydrogen-bond acceptors (Lipinski definition) is 3. The van der Waals surface area contributed by atoms with E-state index in [1.165, 1.54) is 14.0 Å². The summed E-state index contributed by atoms with van der Waals surface area (Å²) in [6, 6.07) is 6.05. The van der Waals surface area contributed by atoms with Crippen LogP contribution in [0.3, 0.4) is 0 Å². The number of Topliss-reactive ketones (excluding diaryl/α,β-unsaturated/α-hetero) is 1. The molecule has 0 aliphatic heterocycles. The maximum Gasteiger partial charge on any atom is 0.306 e. The summed E-state index contributed by atoms with van der Waals surface area (Å²) < 4.78 is 4.64. The number of carbonyl (C=O) groups is 2. The third kappa shape index (κ3) is 3.69. The van der Waals surface area contributed by atoms with E-state index >= 15 is 0 Å². The highest BCUT2D eigenvalue weighted by Crippen LogP contribution is 2.20. The fraction of sp³-hybridized carbons (Fsp3) is 0.467. The second kappa shape index (κ2) is 6.34. The number of ketones is 1. The first-order valence-electron chi connectivity index (χ1n) is 6.08. The molecule has 0 aliphatic rings. The van der Waals surface area contributed by atoms with E-state index < -0.39 is 0 Å². The smallest absolute Gasteiger partial charge is 0.306 e. The number of methoxy groups -OCH3 is 1. The lowest BCUT2D eigenvalue weighted by molar-refractivity contribution is -0.143. The molecule has 0 N–H and O–H groups in total. The van der Waals surface area contributed by atoms with Crippen LogP contribution in [0, 0.1) is 19.8 Å². The van der Waals surface area contributed by atoms with Crippen LogP contribution in [-0.4, -0.2) is 18.9 Å². The average Bonchev–Trinajstić information content (AvgIpc) is 2.31. The molecule has 0 aliphatic carbocycles. The minimum atomic E-state index is -0.332. The van der Waals surface area contributed by atoms with Gasteiger partial charge in [-0.2, -0.15) is 0 Å². The van der Waals surface area contributed by atoms with Gasteiger partial charge in [-0.3, -0.25) is 9.59 Å². The number of esters is 1. The molecule has 1 rings (SSSR count). The molecule has 3 nitrogen and oxygen atoms in total. The maximum atomic E-state index is 11.6. The largest absolute Gasteiger partial charge is 0.469 e. The van der Waals surface area contributed by atoms with Gasteiger partial charge in [0.2, 0.25) is 0 Å². The van der Waals surface area contributed by atoms with Gasteiger partial charge in [0, 0.05) is 5.92 Å². The van der Waals surface area contributed by atoms with Crippen LogP contribution in [0.5, 0.6) is 0 Å². The van der Waals surface area contributed by atoms with Crippen molar-refractivity contribution in [1.82, 2.24) is 0 Å². The highest BCUT2D eigenvalue weighted by Gasteiger charge is 2.20. The topological polar surface area (TPSA) is 43.4 Å². The van der Waals surface area contributed by atoms with Gasteiger partial charge in [0.25, 0.3) is 0 Å². The third-order valence-electron chi connectivity index (χ3n) is 3.31. The van der Waals surface area contributed by atoms with Gasteiger partial charge < -0.3 is 4.74 Å². The normalized spacial score (nSPS) is 12.0. The van der Waals surface area contributed by atoms with E-state index in [4.69, 9.17) is 0 Å². The van der Waals surface area contributed by atoms with Gasteiger partial charge in [-0.05, 0) is 43.9 Å². The fourth-order valence-electron chi connectivity index (χ4n) is 2.06. The van der Waals surface area contributed by atoms with Crippen LogP contribution in [0.1, 0.15) is 30.0 Å². The minimum Gasteiger partial charge on any atom is -0.469 e. The highest BCUT2D eigenvalue weighted by atomic mass is 16.5. The molecular formula is C15H20O3. The predicted octanol–water partition coefficient (Wildman–Crippen LogP) is 2.61. The number of benzene rings is 1. The number of ether oxygens (including phenoxy) is 1. The van der Waals surface area contributed by atoms with Gasteiger partial charge >= 0.3 is 5.97 Å². The molecule has 98 valence electrons. The average molecular weight is 248 g/mol. The summed E-state index contributed by atoms with van der Waals surface area (Å²) in [7, 11) is 1.35. The van der Waals surface area contributed by atoms with Crippen molar-refractivity contribution < 1.29 is 14.3 Å². The number of hydrogen-bond donors (Lipinski definition) is 0. The van der Waals surface area contributed by atoms with E-state index in [1.807, 2.05) is 32.0 Å². The second-order valence-electron chi connectivity index (χ2n) is 4.66. The van der Waals surface area contributed by atoms with Crippen LogP contribution in [0.25, 0.3) is 0 Å². The molecular weight excluding hydrogens is 228 g/mol. The van der Waals surface area contributed by atoms with Crippen molar-refractivity contribution in [2.45, 2.75) is 33.6 Å². The fourth-order valence-corrected chi connectivity index (χ4v) is 2.06. The van der Waals surface area contributed by atoms with E-state index in [2.05, 4.69) is 4.74 Å². The van der Waals surface area contributed by atoms with Crippen molar-refractivity contribution in [3.63, 3.8) is 0 Å². The van der Waals surface area contributed by atoms with Gasteiger partial charge in [-0.15, -0.1) is 0 Å². The van der Waals surface area contributed by atoms with Crippen LogP contribution in [0.2, 0.25) is 0 Å². The minimum absolute atomic E-state index is 0.0306. The summed E-state index contributed by atoms with van der Waals surface area (Å²) in [6.45, 7) is 5.58. The Hall–Kier alpha value is -1.64. The summed E-state index contributed by atoms with van der Waals surface area (Å²) in [5, 5.41) is 0. The first-order chi connectivity index (χ1) is 8.45. The van der Waals surface area contributed by atoms with E-state index in [0.717, 1.165) is 16.7 Å². The second-order valence-corrected chi connectivity index (χ2v) is 4.66. The van der Waals surface area contributed by atoms with Gasteiger partial charge in [-0.25, -0.2) is 0 Å². The third-order valence-corrected chi connectivity index (χ3v) is 3.31. The molecule has 0 saturated heterocycles. The Labute approximate surface area is 108 Å². The molecule has 0 heterocycles. The summed E-state index contributed by atoms with van der Waals surface area (Å²) in [6.07, 6.45) is 0.753. The molecule has 1 atom stereocenters. The summed E-state index contributed by atoms with van der Waals surface area (Å²) in [5.41, 5.74) is 3.47. The molecule has 0 spiro atoms. The number of rotatable bonds is 5. The van der Waals surface area contributed by atoms with Crippen LogP contribution in [0.15, 0.2) is 18.2 Å². The van der Waals surface area contributed by atoms with Crippen molar-refractivity contribution >= 4 is 11.8 Å². The first-order valence-corrected chi connectivity index (χ1v) is 6.08. The van der Waals surface area contributed by atoms with E-state index in [9.17, 15) is 9.59 Å². The number of carbonyl (C=O) groups excluding carboxylic acids is 2. The zero-order chi connectivity index (χ0) is 13.7.